The summed E-state index contributed by atoms with van der Waals surface area (Å²) in [4.78, 5) is 12.3. The number of esters is 1. The number of carbonyl (C=O) groups excluding carboxylic acids is 1. The lowest BCUT2D eigenvalue weighted by atomic mass is 9.99. The van der Waals surface area contributed by atoms with E-state index in [4.69, 9.17) is 28.4 Å². The van der Waals surface area contributed by atoms with Gasteiger partial charge in [-0.1, -0.05) is 0 Å². The van der Waals surface area contributed by atoms with Crippen LogP contribution in [0, 0.1) is 0 Å². The third-order valence-corrected chi connectivity index (χ3v) is 6.19. The van der Waals surface area contributed by atoms with Gasteiger partial charge in [-0.25, -0.2) is 4.79 Å². The number of phenols is 1. The average Bonchev–Trinajstić information content (AvgIpc) is 3.16. The third-order valence-electron chi connectivity index (χ3n) is 6.19. The normalized spacial score (nSPS) is 35.4. The Balaban J connectivity index is 1.66. The van der Waals surface area contributed by atoms with Crippen molar-refractivity contribution in [1.82, 2.24) is 0 Å². The molecular formula is C23H32O15. The van der Waals surface area contributed by atoms with Crippen molar-refractivity contribution < 1.29 is 74.1 Å². The largest absolute Gasteiger partial charge is 0.502 e. The van der Waals surface area contributed by atoms with Crippen LogP contribution < -0.4 is 9.47 Å². The molecule has 0 saturated carbocycles. The molecule has 38 heavy (non-hydrogen) atoms. The SMILES string of the molecule is COc1cc(/C=C\C(=O)OC[C@H]2O[C@H](O[C@]3(CO)O[C@H](CO)[C@@H](O)[C@@H]3O)[C@H](O)[C@@H](O)[C@H]2O)cc(OC)c1O. The van der Waals surface area contributed by atoms with E-state index in [0.717, 1.165) is 6.08 Å². The highest BCUT2D eigenvalue weighted by Gasteiger charge is 2.58. The molecule has 0 spiro atoms. The molecule has 2 aliphatic rings. The van der Waals surface area contributed by atoms with Crippen LogP contribution in [0.4, 0.5) is 0 Å². The number of hydrogen-bond acceptors (Lipinski definition) is 15. The van der Waals surface area contributed by atoms with Crippen LogP contribution in [0.15, 0.2) is 18.2 Å². The van der Waals surface area contributed by atoms with Crippen molar-refractivity contribution in [1.29, 1.82) is 0 Å². The first-order valence-electron chi connectivity index (χ1n) is 11.4. The summed E-state index contributed by atoms with van der Waals surface area (Å²) in [5.41, 5.74) is 0.419. The van der Waals surface area contributed by atoms with Crippen molar-refractivity contribution in [2.24, 2.45) is 0 Å². The number of carbonyl (C=O) groups is 1. The predicted octanol–water partition coefficient (Wildman–Crippen LogP) is -3.41. The van der Waals surface area contributed by atoms with Crippen LogP contribution in [-0.4, -0.2) is 136 Å². The van der Waals surface area contributed by atoms with Crippen LogP contribution in [-0.2, 0) is 23.7 Å². The highest BCUT2D eigenvalue weighted by atomic mass is 16.8. The summed E-state index contributed by atoms with van der Waals surface area (Å²) < 4.78 is 31.2. The van der Waals surface area contributed by atoms with Gasteiger partial charge >= 0.3 is 5.97 Å². The van der Waals surface area contributed by atoms with Gasteiger partial charge in [0.25, 0.3) is 0 Å². The Labute approximate surface area is 216 Å². The Hall–Kier alpha value is -2.57. The zero-order chi connectivity index (χ0) is 28.2. The van der Waals surface area contributed by atoms with Gasteiger partial charge in [0.05, 0.1) is 20.8 Å². The molecule has 214 valence electrons. The number of hydrogen-bond donors (Lipinski definition) is 8. The average molecular weight is 548 g/mol. The lowest BCUT2D eigenvalue weighted by Gasteiger charge is -2.43. The van der Waals surface area contributed by atoms with E-state index in [1.165, 1.54) is 32.4 Å². The van der Waals surface area contributed by atoms with Crippen LogP contribution in [0.1, 0.15) is 5.56 Å². The lowest BCUT2D eigenvalue weighted by Crippen LogP contribution is -2.62. The van der Waals surface area contributed by atoms with Crippen molar-refractivity contribution in [3.8, 4) is 17.2 Å². The quantitative estimate of drug-likeness (QED) is 0.105. The summed E-state index contributed by atoms with van der Waals surface area (Å²) in [5.74, 6) is -3.25. The van der Waals surface area contributed by atoms with Crippen LogP contribution in [0.3, 0.4) is 0 Å². The second-order valence-corrected chi connectivity index (χ2v) is 8.61. The molecule has 0 aliphatic carbocycles. The molecular weight excluding hydrogens is 516 g/mol. The molecule has 2 fully saturated rings. The van der Waals surface area contributed by atoms with Crippen LogP contribution in [0.25, 0.3) is 6.08 Å². The van der Waals surface area contributed by atoms with E-state index < -0.39 is 80.6 Å². The maximum Gasteiger partial charge on any atom is 0.330 e. The second kappa shape index (κ2) is 12.5. The minimum Gasteiger partial charge on any atom is -0.502 e. The minimum absolute atomic E-state index is 0.101. The van der Waals surface area contributed by atoms with Crippen molar-refractivity contribution in [2.75, 3.05) is 34.0 Å². The van der Waals surface area contributed by atoms with Gasteiger partial charge in [0.1, 0.15) is 55.9 Å². The molecule has 15 heteroatoms. The fraction of sp³-hybridized carbons (Fsp3) is 0.609. The summed E-state index contributed by atoms with van der Waals surface area (Å²) in [6.07, 6.45) is -11.2. The summed E-state index contributed by atoms with van der Waals surface area (Å²) >= 11 is 0. The van der Waals surface area contributed by atoms with E-state index in [1.54, 1.807) is 0 Å². The molecule has 0 radical (unpaired) electrons. The fourth-order valence-corrected chi connectivity index (χ4v) is 4.00. The van der Waals surface area contributed by atoms with Gasteiger partial charge < -0.3 is 69.3 Å². The van der Waals surface area contributed by atoms with E-state index >= 15 is 0 Å². The zero-order valence-electron chi connectivity index (χ0n) is 20.5. The molecule has 2 aliphatic heterocycles. The van der Waals surface area contributed by atoms with Gasteiger partial charge in [-0.3, -0.25) is 0 Å². The van der Waals surface area contributed by atoms with Gasteiger partial charge in [-0.15, -0.1) is 0 Å². The Morgan fingerprint density at radius 1 is 0.974 bits per heavy atom. The summed E-state index contributed by atoms with van der Waals surface area (Å²) in [6, 6.07) is 2.87. The number of methoxy groups -OCH3 is 2. The number of aliphatic hydroxyl groups excluding tert-OH is 7. The van der Waals surface area contributed by atoms with E-state index in [2.05, 4.69) is 0 Å². The Morgan fingerprint density at radius 3 is 2.13 bits per heavy atom. The molecule has 0 aromatic heterocycles. The number of benzene rings is 1. The summed E-state index contributed by atoms with van der Waals surface area (Å²) in [5, 5.41) is 80.2. The number of phenolic OH excluding ortho intramolecular Hbond substituents is 1. The Bertz CT molecular complexity index is 961. The van der Waals surface area contributed by atoms with Gasteiger partial charge in [0, 0.05) is 6.08 Å². The smallest absolute Gasteiger partial charge is 0.330 e. The van der Waals surface area contributed by atoms with Gasteiger partial charge in [0.2, 0.25) is 11.5 Å². The van der Waals surface area contributed by atoms with Gasteiger partial charge in [-0.2, -0.15) is 0 Å². The molecule has 3 rings (SSSR count). The van der Waals surface area contributed by atoms with Crippen LogP contribution in [0.2, 0.25) is 0 Å². The number of ether oxygens (including phenoxy) is 6. The number of rotatable bonds is 10. The van der Waals surface area contributed by atoms with Crippen molar-refractivity contribution in [3.63, 3.8) is 0 Å². The molecule has 9 atom stereocenters. The van der Waals surface area contributed by atoms with Gasteiger partial charge in [0.15, 0.2) is 17.8 Å². The van der Waals surface area contributed by atoms with E-state index in [0.29, 0.717) is 5.56 Å². The maximum atomic E-state index is 12.3. The Morgan fingerprint density at radius 2 is 1.61 bits per heavy atom. The summed E-state index contributed by atoms with van der Waals surface area (Å²) in [7, 11) is 2.67. The molecule has 0 amide bonds. The third kappa shape index (κ3) is 6.02. The highest BCUT2D eigenvalue weighted by molar-refractivity contribution is 5.87. The number of aromatic hydroxyl groups is 1. The predicted molar refractivity (Wildman–Crippen MR) is 123 cm³/mol. The molecule has 2 heterocycles. The van der Waals surface area contributed by atoms with Crippen molar-refractivity contribution in [3.05, 3.63) is 23.8 Å². The lowest BCUT2D eigenvalue weighted by molar-refractivity contribution is -0.383. The van der Waals surface area contributed by atoms with Crippen LogP contribution >= 0.6 is 0 Å². The molecule has 8 N–H and O–H groups in total. The molecule has 0 bridgehead atoms. The summed E-state index contributed by atoms with van der Waals surface area (Å²) in [6.45, 7) is -2.38. The fourth-order valence-electron chi connectivity index (χ4n) is 4.00. The zero-order valence-corrected chi connectivity index (χ0v) is 20.5. The molecule has 15 nitrogen and oxygen atoms in total. The van der Waals surface area contributed by atoms with E-state index in [9.17, 15) is 45.6 Å². The topological polar surface area (TPSA) is 234 Å². The van der Waals surface area contributed by atoms with Crippen molar-refractivity contribution >= 4 is 12.0 Å². The molecule has 0 unspecified atom stereocenters. The molecule has 1 aromatic rings. The number of aliphatic hydroxyl groups is 7. The van der Waals surface area contributed by atoms with Crippen LogP contribution in [0.5, 0.6) is 17.2 Å². The second-order valence-electron chi connectivity index (χ2n) is 8.61. The standard InChI is InChI=1S/C23H32O15/c1-33-11-5-10(6-12(34-2)16(11)27)3-4-15(26)35-8-14-17(28)19(30)20(31)22(36-14)38-23(9-25)21(32)18(29)13(7-24)37-23/h3-6,13-14,17-22,24-25,27-32H,7-9H2,1-2H3/b4-3-/t13-,14-,17+,18-,19+,20-,21+,22-,23+/m1/s1. The minimum atomic E-state index is -2.34. The Kier molecular flexibility index (Phi) is 9.88. The van der Waals surface area contributed by atoms with E-state index in [-0.39, 0.29) is 17.2 Å². The monoisotopic (exact) mass is 548 g/mol. The molecule has 1 aromatic carbocycles. The van der Waals surface area contributed by atoms with E-state index in [1.807, 2.05) is 0 Å². The van der Waals surface area contributed by atoms with Crippen molar-refractivity contribution in [2.45, 2.75) is 54.8 Å². The first-order valence-corrected chi connectivity index (χ1v) is 11.4. The first-order chi connectivity index (χ1) is 18.0. The maximum absolute atomic E-state index is 12.3. The van der Waals surface area contributed by atoms with Gasteiger partial charge in [-0.05, 0) is 23.8 Å². The molecule has 2 saturated heterocycles. The highest BCUT2D eigenvalue weighted by Crippen LogP contribution is 2.38. The first kappa shape index (κ1) is 30.0.